The Bertz CT molecular complexity index is 992. The summed E-state index contributed by atoms with van der Waals surface area (Å²) in [5, 5.41) is 0.186. The molecular formula is C25H35ClF2N4O3. The van der Waals surface area contributed by atoms with Gasteiger partial charge < -0.3 is 24.2 Å². The molecule has 10 heteroatoms. The first-order valence-electron chi connectivity index (χ1n) is 11.7. The molecule has 0 radical (unpaired) electrons. The lowest BCUT2D eigenvalue weighted by atomic mass is 9.97. The van der Waals surface area contributed by atoms with Crippen LogP contribution in [0, 0.1) is 0 Å². The van der Waals surface area contributed by atoms with E-state index in [1.54, 1.807) is 40.2 Å². The average molecular weight is 513 g/mol. The molecule has 1 amide bonds. The number of nitrogens with zero attached hydrogens (tertiary/aromatic N) is 4. The molecule has 0 bridgehead atoms. The molecule has 0 unspecified atom stereocenters. The fraction of sp³-hybridized carbons (Fsp3) is 0.600. The maximum Gasteiger partial charge on any atom is 0.410 e. The highest BCUT2D eigenvalue weighted by Gasteiger charge is 2.46. The summed E-state index contributed by atoms with van der Waals surface area (Å²) >= 11 is 6.69. The number of rotatable bonds is 5. The second-order valence-electron chi connectivity index (χ2n) is 10.3. The van der Waals surface area contributed by atoms with Crippen molar-refractivity contribution in [2.75, 3.05) is 47.3 Å². The molecule has 2 aliphatic rings. The van der Waals surface area contributed by atoms with Crippen molar-refractivity contribution in [1.29, 1.82) is 0 Å². The van der Waals surface area contributed by atoms with Crippen LogP contribution in [0.5, 0.6) is 5.75 Å². The zero-order valence-corrected chi connectivity index (χ0v) is 22.0. The van der Waals surface area contributed by atoms with Gasteiger partial charge in [-0.25, -0.2) is 18.6 Å². The Balaban J connectivity index is 1.92. The molecule has 1 saturated heterocycles. The third kappa shape index (κ3) is 7.07. The van der Waals surface area contributed by atoms with Gasteiger partial charge in [-0.2, -0.15) is 0 Å². The van der Waals surface area contributed by atoms with Gasteiger partial charge in [0, 0.05) is 45.7 Å². The summed E-state index contributed by atoms with van der Waals surface area (Å²) in [5.41, 5.74) is 1.36. The van der Waals surface area contributed by atoms with Crippen molar-refractivity contribution in [2.24, 2.45) is 4.99 Å². The fourth-order valence-corrected chi connectivity index (χ4v) is 4.23. The van der Waals surface area contributed by atoms with Crippen molar-refractivity contribution >= 4 is 35.3 Å². The molecule has 1 aromatic carbocycles. The lowest BCUT2D eigenvalue weighted by Gasteiger charge is -2.37. The molecule has 2 aliphatic heterocycles. The van der Waals surface area contributed by atoms with Crippen LogP contribution < -0.4 is 4.74 Å². The van der Waals surface area contributed by atoms with Crippen molar-refractivity contribution < 1.29 is 23.0 Å². The van der Waals surface area contributed by atoms with Crippen molar-refractivity contribution in [1.82, 2.24) is 14.7 Å². The Hall–Kier alpha value is -2.39. The number of likely N-dealkylation sites (tertiary alicyclic amines) is 1. The van der Waals surface area contributed by atoms with Gasteiger partial charge in [0.15, 0.2) is 6.10 Å². The fourth-order valence-electron chi connectivity index (χ4n) is 3.97. The maximum atomic E-state index is 14.8. The largest absolute Gasteiger partial charge is 0.482 e. The van der Waals surface area contributed by atoms with E-state index in [4.69, 9.17) is 21.1 Å². The molecule has 1 fully saturated rings. The van der Waals surface area contributed by atoms with Crippen LogP contribution in [0.3, 0.4) is 0 Å². The van der Waals surface area contributed by atoms with Crippen LogP contribution in [0.2, 0.25) is 5.02 Å². The Labute approximate surface area is 211 Å². The molecule has 0 N–H and O–H groups in total. The zero-order valence-electron chi connectivity index (χ0n) is 21.3. The highest BCUT2D eigenvalue weighted by molar-refractivity contribution is 6.35. The van der Waals surface area contributed by atoms with Gasteiger partial charge in [0.2, 0.25) is 0 Å². The highest BCUT2D eigenvalue weighted by atomic mass is 35.5. The van der Waals surface area contributed by atoms with E-state index in [2.05, 4.69) is 4.99 Å². The van der Waals surface area contributed by atoms with Crippen molar-refractivity contribution in [3.63, 3.8) is 0 Å². The van der Waals surface area contributed by atoms with E-state index in [0.717, 1.165) is 5.57 Å². The molecule has 0 spiro atoms. The van der Waals surface area contributed by atoms with Gasteiger partial charge in [-0.05, 0) is 51.9 Å². The van der Waals surface area contributed by atoms with Crippen LogP contribution in [0.25, 0.3) is 5.57 Å². The first-order valence-corrected chi connectivity index (χ1v) is 12.1. The molecule has 0 saturated carbocycles. The predicted molar refractivity (Wildman–Crippen MR) is 135 cm³/mol. The third-order valence-corrected chi connectivity index (χ3v) is 6.06. The van der Waals surface area contributed by atoms with Gasteiger partial charge in [-0.1, -0.05) is 17.7 Å². The number of carbonyl (C=O) groups excluding carboxylic acids is 1. The van der Waals surface area contributed by atoms with Crippen LogP contribution in [-0.2, 0) is 4.74 Å². The average Bonchev–Trinajstić information content (AvgIpc) is 2.74. The normalized spacial score (nSPS) is 21.1. The Morgan fingerprint density at radius 1 is 1.29 bits per heavy atom. The van der Waals surface area contributed by atoms with Crippen molar-refractivity contribution in [2.45, 2.75) is 51.2 Å². The summed E-state index contributed by atoms with van der Waals surface area (Å²) < 4.78 is 41.1. The standard InChI is InChI=1S/C25H35ClF2N4O3/c1-24(2,3)35-23(33)32-13-9-17(10-14-32)18-7-8-19(29-16-30(4)5)21(26)22(18)34-20-11-12-31(6)15-25(20,27)28/h7-9,16,20H,10-15H2,1-6H3/b29-16+/t20-/m1/s1. The minimum atomic E-state index is -3.02. The zero-order chi connectivity index (χ0) is 26.0. The number of piperidine rings is 1. The number of hydrogen-bond donors (Lipinski definition) is 0. The van der Waals surface area contributed by atoms with Crippen LogP contribution in [0.1, 0.15) is 39.2 Å². The first-order chi connectivity index (χ1) is 16.3. The summed E-state index contributed by atoms with van der Waals surface area (Å²) in [6, 6.07) is 3.55. The molecule has 2 heterocycles. The molecule has 1 aromatic rings. The lowest BCUT2D eigenvalue weighted by Crippen LogP contribution is -2.52. The van der Waals surface area contributed by atoms with Crippen molar-refractivity contribution in [3.05, 3.63) is 28.8 Å². The Morgan fingerprint density at radius 3 is 2.57 bits per heavy atom. The van der Waals surface area contributed by atoms with E-state index >= 15 is 0 Å². The van der Waals surface area contributed by atoms with E-state index in [1.165, 1.54) is 0 Å². The van der Waals surface area contributed by atoms with Gasteiger partial charge in [-0.3, -0.25) is 0 Å². The van der Waals surface area contributed by atoms with E-state index in [0.29, 0.717) is 37.3 Å². The number of amides is 1. The number of carbonyl (C=O) groups is 1. The molecule has 3 rings (SSSR count). The highest BCUT2D eigenvalue weighted by Crippen LogP contribution is 2.44. The minimum Gasteiger partial charge on any atom is -0.482 e. The predicted octanol–water partition coefficient (Wildman–Crippen LogP) is 5.30. The van der Waals surface area contributed by atoms with Gasteiger partial charge in [-0.15, -0.1) is 0 Å². The first kappa shape index (κ1) is 27.2. The van der Waals surface area contributed by atoms with Gasteiger partial charge in [0.1, 0.15) is 16.4 Å². The Kier molecular flexibility index (Phi) is 8.32. The van der Waals surface area contributed by atoms with Gasteiger partial charge >= 0.3 is 6.09 Å². The van der Waals surface area contributed by atoms with Gasteiger partial charge in [0.05, 0.1) is 18.6 Å². The topological polar surface area (TPSA) is 57.6 Å². The SMILES string of the molecule is CN(C)/C=N/c1ccc(C2=CCN(C(=O)OC(C)(C)C)CC2)c(O[C@@H]2CCN(C)CC2(F)F)c1Cl. The minimum absolute atomic E-state index is 0.177. The van der Waals surface area contributed by atoms with E-state index in [1.807, 2.05) is 40.9 Å². The maximum absolute atomic E-state index is 14.8. The summed E-state index contributed by atoms with van der Waals surface area (Å²) in [4.78, 5) is 21.8. The number of ether oxygens (including phenoxy) is 2. The summed E-state index contributed by atoms with van der Waals surface area (Å²) in [7, 11) is 5.32. The molecule has 35 heavy (non-hydrogen) atoms. The molecule has 1 atom stereocenters. The number of aliphatic imine (C=N–C) groups is 1. The summed E-state index contributed by atoms with van der Waals surface area (Å²) in [5.74, 6) is -2.82. The van der Waals surface area contributed by atoms with Gasteiger partial charge in [0.25, 0.3) is 5.92 Å². The number of hydrogen-bond acceptors (Lipinski definition) is 5. The number of benzene rings is 1. The number of alkyl halides is 2. The second-order valence-corrected chi connectivity index (χ2v) is 10.7. The Morgan fingerprint density at radius 2 is 2.00 bits per heavy atom. The van der Waals surface area contributed by atoms with Crippen LogP contribution in [0.4, 0.5) is 19.3 Å². The summed E-state index contributed by atoms with van der Waals surface area (Å²) in [6.07, 6.45) is 2.48. The summed E-state index contributed by atoms with van der Waals surface area (Å²) in [6.45, 7) is 6.35. The monoisotopic (exact) mass is 512 g/mol. The van der Waals surface area contributed by atoms with Crippen molar-refractivity contribution in [3.8, 4) is 5.75 Å². The molecule has 7 nitrogen and oxygen atoms in total. The van der Waals surface area contributed by atoms with Crippen LogP contribution in [-0.4, -0.2) is 92.1 Å². The van der Waals surface area contributed by atoms with E-state index < -0.39 is 17.6 Å². The number of halogens is 3. The van der Waals surface area contributed by atoms with Crippen LogP contribution in [0.15, 0.2) is 23.2 Å². The molecular weight excluding hydrogens is 478 g/mol. The van der Waals surface area contributed by atoms with Crippen LogP contribution >= 0.6 is 11.6 Å². The quantitative estimate of drug-likeness (QED) is 0.395. The van der Waals surface area contributed by atoms with E-state index in [-0.39, 0.29) is 29.8 Å². The second kappa shape index (κ2) is 10.7. The molecule has 194 valence electrons. The molecule has 0 aliphatic carbocycles. The smallest absolute Gasteiger partial charge is 0.410 e. The third-order valence-electron chi connectivity index (χ3n) is 5.70. The molecule has 0 aromatic heterocycles. The van der Waals surface area contributed by atoms with E-state index in [9.17, 15) is 13.6 Å². The lowest BCUT2D eigenvalue weighted by molar-refractivity contribution is -0.135.